The number of amides is 2. The number of nitrogens with one attached hydrogen (secondary N) is 1. The number of alkyl halides is 2. The molecule has 1 N–H and O–H groups in total. The van der Waals surface area contributed by atoms with Crippen molar-refractivity contribution in [2.45, 2.75) is 38.2 Å². The fourth-order valence-corrected chi connectivity index (χ4v) is 3.75. The molecule has 1 aromatic heterocycles. The van der Waals surface area contributed by atoms with Crippen molar-refractivity contribution in [1.29, 1.82) is 0 Å². The molecule has 2 aromatic rings. The number of piperidine rings is 1. The van der Waals surface area contributed by atoms with Gasteiger partial charge in [-0.25, -0.2) is 13.5 Å². The number of halogens is 2. The van der Waals surface area contributed by atoms with E-state index in [1.54, 1.807) is 23.0 Å². The van der Waals surface area contributed by atoms with Crippen LogP contribution in [0.3, 0.4) is 0 Å². The molecule has 1 atom stereocenters. The van der Waals surface area contributed by atoms with Crippen molar-refractivity contribution < 1.29 is 18.4 Å². The van der Waals surface area contributed by atoms with Gasteiger partial charge < -0.3 is 10.2 Å². The first-order valence-electron chi connectivity index (χ1n) is 9.44. The number of carbonyl (C=O) groups is 2. The number of hydrogen-bond acceptors (Lipinski definition) is 3. The highest BCUT2D eigenvalue weighted by molar-refractivity contribution is 6.04. The lowest BCUT2D eigenvalue weighted by molar-refractivity contribution is -0.136. The minimum Gasteiger partial charge on any atom is -0.342 e. The molecule has 1 saturated heterocycles. The fraction of sp³-hybridized carbons (Fsp3) is 0.450. The second kappa shape index (κ2) is 7.00. The van der Waals surface area contributed by atoms with E-state index in [1.165, 1.54) is 4.90 Å². The van der Waals surface area contributed by atoms with Crippen molar-refractivity contribution in [2.75, 3.05) is 18.4 Å². The van der Waals surface area contributed by atoms with Gasteiger partial charge in [-0.1, -0.05) is 18.2 Å². The van der Waals surface area contributed by atoms with Crippen molar-refractivity contribution in [1.82, 2.24) is 14.7 Å². The van der Waals surface area contributed by atoms with Gasteiger partial charge >= 0.3 is 0 Å². The van der Waals surface area contributed by atoms with Crippen molar-refractivity contribution in [2.24, 2.45) is 5.92 Å². The van der Waals surface area contributed by atoms with E-state index < -0.39 is 17.7 Å². The van der Waals surface area contributed by atoms with Crippen molar-refractivity contribution in [3.8, 4) is 0 Å². The summed E-state index contributed by atoms with van der Waals surface area (Å²) in [6.45, 7) is 2.71. The molecule has 0 radical (unpaired) electrons. The molecule has 1 aliphatic carbocycles. The van der Waals surface area contributed by atoms with Gasteiger partial charge in [-0.05, 0) is 31.4 Å². The van der Waals surface area contributed by atoms with Crippen LogP contribution in [0.4, 0.5) is 14.6 Å². The van der Waals surface area contributed by atoms with Crippen LogP contribution in [0.1, 0.15) is 41.2 Å². The average molecular weight is 388 g/mol. The Morgan fingerprint density at radius 2 is 1.86 bits per heavy atom. The summed E-state index contributed by atoms with van der Waals surface area (Å²) in [6.07, 6.45) is 2.51. The Morgan fingerprint density at radius 3 is 2.50 bits per heavy atom. The predicted molar refractivity (Wildman–Crippen MR) is 99.3 cm³/mol. The molecular weight excluding hydrogens is 366 g/mol. The van der Waals surface area contributed by atoms with Gasteiger partial charge in [0.2, 0.25) is 5.91 Å². The Labute approximate surface area is 161 Å². The normalized spacial score (nSPS) is 21.4. The van der Waals surface area contributed by atoms with E-state index >= 15 is 0 Å². The molecule has 2 fully saturated rings. The van der Waals surface area contributed by atoms with Crippen LogP contribution < -0.4 is 5.32 Å². The monoisotopic (exact) mass is 388 g/mol. The number of anilines is 1. The minimum absolute atomic E-state index is 0.00549. The van der Waals surface area contributed by atoms with E-state index in [-0.39, 0.29) is 18.4 Å². The molecule has 0 unspecified atom stereocenters. The van der Waals surface area contributed by atoms with Gasteiger partial charge in [0.05, 0.1) is 12.2 Å². The molecule has 0 spiro atoms. The number of benzene rings is 1. The molecule has 2 heterocycles. The zero-order valence-electron chi connectivity index (χ0n) is 15.6. The lowest BCUT2D eigenvalue weighted by atomic mass is 10.0. The molecule has 4 rings (SSSR count). The smallest absolute Gasteiger partial charge is 0.260 e. The maximum Gasteiger partial charge on any atom is 0.260 e. The lowest BCUT2D eigenvalue weighted by Gasteiger charge is -2.32. The first-order chi connectivity index (χ1) is 13.4. The molecule has 2 amide bonds. The van der Waals surface area contributed by atoms with Crippen molar-refractivity contribution in [3.05, 3.63) is 47.7 Å². The van der Waals surface area contributed by atoms with E-state index in [1.807, 2.05) is 25.1 Å². The van der Waals surface area contributed by atoms with E-state index in [9.17, 15) is 18.4 Å². The Kier molecular flexibility index (Phi) is 4.64. The van der Waals surface area contributed by atoms with E-state index in [4.69, 9.17) is 0 Å². The van der Waals surface area contributed by atoms with Gasteiger partial charge in [0.25, 0.3) is 11.8 Å². The molecule has 6 nitrogen and oxygen atoms in total. The number of nitrogens with zero attached hydrogens (tertiary/aromatic N) is 3. The first kappa shape index (κ1) is 18.6. The number of rotatable bonds is 4. The highest BCUT2D eigenvalue weighted by atomic mass is 19.3. The second-order valence-electron chi connectivity index (χ2n) is 7.50. The van der Waals surface area contributed by atoms with Gasteiger partial charge in [-0.2, -0.15) is 5.10 Å². The van der Waals surface area contributed by atoms with E-state index in [0.717, 1.165) is 5.56 Å². The Morgan fingerprint density at radius 1 is 1.18 bits per heavy atom. The summed E-state index contributed by atoms with van der Waals surface area (Å²) < 4.78 is 28.0. The lowest BCUT2D eigenvalue weighted by Crippen LogP contribution is -2.41. The van der Waals surface area contributed by atoms with Crippen LogP contribution in [-0.4, -0.2) is 45.5 Å². The SMILES string of the molecule is Cc1ccccc1C(=O)Nc1ccnn1C1CCN(C(=O)[C@@H]2CC2(F)F)CC1. The van der Waals surface area contributed by atoms with E-state index in [0.29, 0.717) is 37.3 Å². The topological polar surface area (TPSA) is 67.2 Å². The Bertz CT molecular complexity index is 903. The standard InChI is InChI=1S/C20H22F2N4O2/c1-13-4-2-3-5-15(13)18(27)24-17-6-9-23-26(17)14-7-10-25(11-8-14)19(28)16-12-20(16,21)22/h2-6,9,14,16H,7-8,10-12H2,1H3,(H,24,27)/t16-/m0/s1. The van der Waals surface area contributed by atoms with Crippen LogP contribution in [0.5, 0.6) is 0 Å². The van der Waals surface area contributed by atoms with Gasteiger partial charge in [-0.3, -0.25) is 9.59 Å². The molecule has 2 aliphatic rings. The summed E-state index contributed by atoms with van der Waals surface area (Å²) in [6, 6.07) is 9.08. The molecule has 8 heteroatoms. The van der Waals surface area contributed by atoms with Crippen LogP contribution in [0.2, 0.25) is 0 Å². The highest BCUT2D eigenvalue weighted by Crippen LogP contribution is 2.49. The van der Waals surface area contributed by atoms with Gasteiger partial charge in [0, 0.05) is 31.1 Å². The zero-order valence-corrected chi connectivity index (χ0v) is 15.6. The Hall–Kier alpha value is -2.77. The predicted octanol–water partition coefficient (Wildman–Crippen LogP) is 3.26. The molecule has 28 heavy (non-hydrogen) atoms. The third-order valence-electron chi connectivity index (χ3n) is 5.55. The Balaban J connectivity index is 1.39. The van der Waals surface area contributed by atoms with Gasteiger partial charge in [-0.15, -0.1) is 0 Å². The quantitative estimate of drug-likeness (QED) is 0.874. The molecule has 1 aromatic carbocycles. The van der Waals surface area contributed by atoms with Crippen molar-refractivity contribution in [3.63, 3.8) is 0 Å². The highest BCUT2D eigenvalue weighted by Gasteiger charge is 2.62. The maximum atomic E-state index is 13.1. The molecule has 148 valence electrons. The molecular formula is C20H22F2N4O2. The summed E-state index contributed by atoms with van der Waals surface area (Å²) >= 11 is 0. The summed E-state index contributed by atoms with van der Waals surface area (Å²) in [5.74, 6) is -4.03. The second-order valence-corrected chi connectivity index (χ2v) is 7.50. The van der Waals surface area contributed by atoms with Crippen LogP contribution >= 0.6 is 0 Å². The average Bonchev–Trinajstić information content (AvgIpc) is 3.09. The third kappa shape index (κ3) is 3.50. The number of aryl methyl sites for hydroxylation is 1. The first-order valence-corrected chi connectivity index (χ1v) is 9.44. The molecule has 0 bridgehead atoms. The number of aromatic nitrogens is 2. The van der Waals surface area contributed by atoms with E-state index in [2.05, 4.69) is 10.4 Å². The van der Waals surface area contributed by atoms with Gasteiger partial charge in [0.1, 0.15) is 11.7 Å². The summed E-state index contributed by atoms with van der Waals surface area (Å²) in [7, 11) is 0. The minimum atomic E-state index is -2.83. The molecule has 1 saturated carbocycles. The van der Waals surface area contributed by atoms with Crippen LogP contribution in [0.25, 0.3) is 0 Å². The fourth-order valence-electron chi connectivity index (χ4n) is 3.75. The van der Waals surface area contributed by atoms with Crippen molar-refractivity contribution >= 4 is 17.6 Å². The third-order valence-corrected chi connectivity index (χ3v) is 5.55. The molecule has 1 aliphatic heterocycles. The van der Waals surface area contributed by atoms with Gasteiger partial charge in [0.15, 0.2) is 0 Å². The van der Waals surface area contributed by atoms with Crippen LogP contribution in [0, 0.1) is 12.8 Å². The maximum absolute atomic E-state index is 13.1. The summed E-state index contributed by atoms with van der Waals surface area (Å²) in [5.41, 5.74) is 1.48. The number of carbonyl (C=O) groups excluding carboxylic acids is 2. The number of hydrogen-bond donors (Lipinski definition) is 1. The zero-order chi connectivity index (χ0) is 19.9. The van der Waals surface area contributed by atoms with Crippen LogP contribution in [-0.2, 0) is 4.79 Å². The largest absolute Gasteiger partial charge is 0.342 e. The summed E-state index contributed by atoms with van der Waals surface area (Å²) in [5, 5.41) is 7.23. The summed E-state index contributed by atoms with van der Waals surface area (Å²) in [4.78, 5) is 26.2. The number of likely N-dealkylation sites (tertiary alicyclic amines) is 1. The van der Waals surface area contributed by atoms with Crippen LogP contribution in [0.15, 0.2) is 36.5 Å².